The van der Waals surface area contributed by atoms with Crippen LogP contribution in [-0.4, -0.2) is 22.2 Å². The van der Waals surface area contributed by atoms with Crippen molar-refractivity contribution in [3.05, 3.63) is 60.2 Å². The molecule has 29 heavy (non-hydrogen) atoms. The van der Waals surface area contributed by atoms with E-state index in [2.05, 4.69) is 10.3 Å². The van der Waals surface area contributed by atoms with Gasteiger partial charge in [-0.2, -0.15) is 18.4 Å². The quantitative estimate of drug-likeness (QED) is 0.269. The molecule has 0 radical (unpaired) electrons. The summed E-state index contributed by atoms with van der Waals surface area (Å²) in [5.41, 5.74) is -0.568. The predicted octanol–water partition coefficient (Wildman–Crippen LogP) is 3.83. The number of imide groups is 1. The van der Waals surface area contributed by atoms with Crippen LogP contribution in [0.5, 0.6) is 0 Å². The van der Waals surface area contributed by atoms with Gasteiger partial charge in [-0.15, -0.1) is 0 Å². The molecule has 148 valence electrons. The summed E-state index contributed by atoms with van der Waals surface area (Å²) < 4.78 is 38.8. The Bertz CT molecular complexity index is 1000. The van der Waals surface area contributed by atoms with Crippen molar-refractivity contribution in [2.45, 2.75) is 17.8 Å². The standard InChI is InChI=1S/C19H13F3N4O2S/c20-19(21,22)12-5-4-8-14(9-12)26-16(27)10-15(17(26)28)29-18(24-11-23)25-13-6-2-1-3-7-13/h1-9,15H,10H2,(H,24,25)/t15-/m0/s1. The number of nitrogens with zero attached hydrogens (tertiary/aromatic N) is 3. The van der Waals surface area contributed by atoms with E-state index in [9.17, 15) is 22.8 Å². The Hall–Kier alpha value is -3.32. The molecule has 1 aliphatic rings. The number of benzene rings is 2. The molecular weight excluding hydrogens is 405 g/mol. The van der Waals surface area contributed by atoms with Crippen LogP contribution in [0.3, 0.4) is 0 Å². The molecule has 2 amide bonds. The molecule has 1 fully saturated rings. The van der Waals surface area contributed by atoms with Crippen molar-refractivity contribution in [1.29, 1.82) is 5.26 Å². The van der Waals surface area contributed by atoms with Crippen molar-refractivity contribution in [3.63, 3.8) is 0 Å². The van der Waals surface area contributed by atoms with Crippen LogP contribution in [-0.2, 0) is 15.8 Å². The highest BCUT2D eigenvalue weighted by Crippen LogP contribution is 2.35. The van der Waals surface area contributed by atoms with Crippen LogP contribution < -0.4 is 10.2 Å². The van der Waals surface area contributed by atoms with Crippen molar-refractivity contribution in [1.82, 2.24) is 5.32 Å². The molecule has 3 rings (SSSR count). The summed E-state index contributed by atoms with van der Waals surface area (Å²) >= 11 is 0.874. The zero-order valence-corrected chi connectivity index (χ0v) is 15.5. The maximum absolute atomic E-state index is 12.9. The van der Waals surface area contributed by atoms with Gasteiger partial charge in [-0.3, -0.25) is 14.9 Å². The Morgan fingerprint density at radius 1 is 1.17 bits per heavy atom. The first-order valence-corrected chi connectivity index (χ1v) is 9.17. The molecule has 0 aromatic heterocycles. The van der Waals surface area contributed by atoms with Crippen LogP contribution in [0.2, 0.25) is 0 Å². The van der Waals surface area contributed by atoms with Crippen molar-refractivity contribution in [2.24, 2.45) is 4.99 Å². The average Bonchev–Trinajstić information content (AvgIpc) is 2.95. The topological polar surface area (TPSA) is 85.6 Å². The third kappa shape index (κ3) is 4.75. The number of hydrogen-bond acceptors (Lipinski definition) is 5. The number of aliphatic imine (C=N–C) groups is 1. The van der Waals surface area contributed by atoms with Gasteiger partial charge in [0.2, 0.25) is 11.8 Å². The minimum Gasteiger partial charge on any atom is -0.274 e. The first-order chi connectivity index (χ1) is 13.8. The SMILES string of the molecule is N#CNC(=Nc1ccccc1)S[C@H]1CC(=O)N(c2cccc(C(F)(F)F)c2)C1=O. The van der Waals surface area contributed by atoms with Crippen LogP contribution >= 0.6 is 11.8 Å². The molecule has 2 aromatic carbocycles. The van der Waals surface area contributed by atoms with E-state index in [1.54, 1.807) is 36.5 Å². The Kier molecular flexibility index (Phi) is 5.89. The number of alkyl halides is 3. The van der Waals surface area contributed by atoms with E-state index in [0.717, 1.165) is 34.9 Å². The molecule has 1 heterocycles. The molecule has 0 bridgehead atoms. The van der Waals surface area contributed by atoms with E-state index in [1.807, 2.05) is 0 Å². The summed E-state index contributed by atoms with van der Waals surface area (Å²) in [5, 5.41) is 10.5. The van der Waals surface area contributed by atoms with Gasteiger partial charge in [0.25, 0.3) is 0 Å². The minimum absolute atomic E-state index is 0.107. The molecule has 0 saturated carbocycles. The Balaban J connectivity index is 1.83. The summed E-state index contributed by atoms with van der Waals surface area (Å²) in [6.45, 7) is 0. The lowest BCUT2D eigenvalue weighted by Gasteiger charge is -2.17. The maximum atomic E-state index is 12.9. The molecule has 1 aliphatic heterocycles. The number of rotatable bonds is 3. The molecule has 0 aliphatic carbocycles. The minimum atomic E-state index is -4.60. The molecule has 0 spiro atoms. The summed E-state index contributed by atoms with van der Waals surface area (Å²) in [6, 6.07) is 12.7. The fourth-order valence-electron chi connectivity index (χ4n) is 2.67. The molecular formula is C19H13F3N4O2S. The van der Waals surface area contributed by atoms with E-state index in [1.165, 1.54) is 6.07 Å². The van der Waals surface area contributed by atoms with Crippen LogP contribution in [0.15, 0.2) is 59.6 Å². The number of carbonyl (C=O) groups excluding carboxylic acids is 2. The lowest BCUT2D eigenvalue weighted by molar-refractivity contribution is -0.137. The van der Waals surface area contributed by atoms with Gasteiger partial charge in [0, 0.05) is 6.42 Å². The molecule has 1 atom stereocenters. The first-order valence-electron chi connectivity index (χ1n) is 8.29. The number of amidine groups is 1. The van der Waals surface area contributed by atoms with Crippen LogP contribution in [0.1, 0.15) is 12.0 Å². The predicted molar refractivity (Wildman–Crippen MR) is 102 cm³/mol. The highest BCUT2D eigenvalue weighted by atomic mass is 32.2. The third-order valence-corrected chi connectivity index (χ3v) is 5.01. The van der Waals surface area contributed by atoms with Crippen LogP contribution in [0.4, 0.5) is 24.5 Å². The van der Waals surface area contributed by atoms with E-state index in [-0.39, 0.29) is 17.3 Å². The van der Waals surface area contributed by atoms with Gasteiger partial charge in [0.05, 0.1) is 16.9 Å². The van der Waals surface area contributed by atoms with Crippen LogP contribution in [0, 0.1) is 11.5 Å². The number of carbonyl (C=O) groups is 2. The van der Waals surface area contributed by atoms with Gasteiger partial charge in [0.1, 0.15) is 5.25 Å². The third-order valence-electron chi connectivity index (χ3n) is 3.94. The Labute approximate surface area is 168 Å². The second-order valence-electron chi connectivity index (χ2n) is 5.92. The largest absolute Gasteiger partial charge is 0.416 e. The number of anilines is 1. The maximum Gasteiger partial charge on any atom is 0.416 e. The Morgan fingerprint density at radius 2 is 1.90 bits per heavy atom. The van der Waals surface area contributed by atoms with Gasteiger partial charge in [-0.1, -0.05) is 36.0 Å². The number of thioether (sulfide) groups is 1. The zero-order chi connectivity index (χ0) is 21.0. The molecule has 10 heteroatoms. The van der Waals surface area contributed by atoms with Crippen molar-refractivity contribution in [3.8, 4) is 6.19 Å². The Morgan fingerprint density at radius 3 is 2.55 bits per heavy atom. The lowest BCUT2D eigenvalue weighted by atomic mass is 10.2. The fraction of sp³-hybridized carbons (Fsp3) is 0.158. The van der Waals surface area contributed by atoms with E-state index in [4.69, 9.17) is 5.26 Å². The highest BCUT2D eigenvalue weighted by Gasteiger charge is 2.41. The molecule has 6 nitrogen and oxygen atoms in total. The number of nitriles is 1. The van der Waals surface area contributed by atoms with Gasteiger partial charge in [-0.25, -0.2) is 9.89 Å². The van der Waals surface area contributed by atoms with Crippen molar-refractivity contribution < 1.29 is 22.8 Å². The smallest absolute Gasteiger partial charge is 0.274 e. The number of amides is 2. The summed E-state index contributed by atoms with van der Waals surface area (Å²) in [5.74, 6) is -1.29. The number of hydrogen-bond donors (Lipinski definition) is 1. The van der Waals surface area contributed by atoms with Gasteiger partial charge >= 0.3 is 6.18 Å². The monoisotopic (exact) mass is 418 g/mol. The van der Waals surface area contributed by atoms with Crippen LogP contribution in [0.25, 0.3) is 0 Å². The number of halogens is 3. The summed E-state index contributed by atoms with van der Waals surface area (Å²) in [7, 11) is 0. The second-order valence-corrected chi connectivity index (χ2v) is 7.11. The van der Waals surface area contributed by atoms with E-state index in [0.29, 0.717) is 5.69 Å². The van der Waals surface area contributed by atoms with E-state index < -0.39 is 28.8 Å². The number of nitrogens with one attached hydrogen (secondary N) is 1. The van der Waals surface area contributed by atoms with Gasteiger partial charge in [-0.05, 0) is 30.3 Å². The number of para-hydroxylation sites is 1. The van der Waals surface area contributed by atoms with E-state index >= 15 is 0 Å². The summed E-state index contributed by atoms with van der Waals surface area (Å²) in [6.07, 6.45) is -3.10. The molecule has 2 aromatic rings. The second kappa shape index (κ2) is 8.36. The van der Waals surface area contributed by atoms with Crippen molar-refractivity contribution in [2.75, 3.05) is 4.90 Å². The van der Waals surface area contributed by atoms with Gasteiger partial charge in [0.15, 0.2) is 11.4 Å². The van der Waals surface area contributed by atoms with Crippen molar-refractivity contribution >= 4 is 40.1 Å². The molecule has 1 N–H and O–H groups in total. The zero-order valence-electron chi connectivity index (χ0n) is 14.7. The fourth-order valence-corrected chi connectivity index (χ4v) is 3.64. The molecule has 0 unspecified atom stereocenters. The normalized spacial score (nSPS) is 17.4. The lowest BCUT2D eigenvalue weighted by Crippen LogP contribution is -2.32. The highest BCUT2D eigenvalue weighted by molar-refractivity contribution is 8.15. The first kappa shape index (κ1) is 20.4. The molecule has 1 saturated heterocycles. The van der Waals surface area contributed by atoms with Gasteiger partial charge < -0.3 is 0 Å². The summed E-state index contributed by atoms with van der Waals surface area (Å²) in [4.78, 5) is 30.0. The average molecular weight is 418 g/mol.